The molecule has 2 heterocycles. The van der Waals surface area contributed by atoms with E-state index in [2.05, 4.69) is 46.5 Å². The van der Waals surface area contributed by atoms with Crippen LogP contribution >= 0.6 is 0 Å². The van der Waals surface area contributed by atoms with Crippen molar-refractivity contribution >= 4 is 16.8 Å². The zero-order valence-corrected chi connectivity index (χ0v) is 14.6. The van der Waals surface area contributed by atoms with Gasteiger partial charge in [0.2, 0.25) is 5.91 Å². The summed E-state index contributed by atoms with van der Waals surface area (Å²) in [6.07, 6.45) is 7.28. The summed E-state index contributed by atoms with van der Waals surface area (Å²) in [5.41, 5.74) is 4.06. The molecule has 2 N–H and O–H groups in total. The molecule has 1 fully saturated rings. The van der Waals surface area contributed by atoms with E-state index in [9.17, 15) is 4.79 Å². The highest BCUT2D eigenvalue weighted by molar-refractivity contribution is 5.89. The van der Waals surface area contributed by atoms with Gasteiger partial charge < -0.3 is 9.88 Å². The third-order valence-electron chi connectivity index (χ3n) is 6.03. The Morgan fingerprint density at radius 2 is 1.96 bits per heavy atom. The molecular formula is C20H27N3O. The predicted octanol–water partition coefficient (Wildman–Crippen LogP) is 3.06. The molecule has 1 aromatic heterocycles. The summed E-state index contributed by atoms with van der Waals surface area (Å²) in [4.78, 5) is 12.4. The van der Waals surface area contributed by atoms with E-state index in [4.69, 9.17) is 0 Å². The highest BCUT2D eigenvalue weighted by atomic mass is 16.2. The lowest BCUT2D eigenvalue weighted by molar-refractivity contribution is -0.123. The minimum Gasteiger partial charge on any atom is -0.358 e. The van der Waals surface area contributed by atoms with Crippen LogP contribution in [0.5, 0.6) is 0 Å². The summed E-state index contributed by atoms with van der Waals surface area (Å²) in [5.74, 6) is 0.738. The molecule has 2 aromatic rings. The van der Waals surface area contributed by atoms with Crippen molar-refractivity contribution in [1.29, 1.82) is 0 Å². The summed E-state index contributed by atoms with van der Waals surface area (Å²) in [6, 6.07) is 8.77. The van der Waals surface area contributed by atoms with Gasteiger partial charge in [0.25, 0.3) is 0 Å². The number of benzene rings is 1. The number of amides is 1. The van der Waals surface area contributed by atoms with E-state index in [0.29, 0.717) is 5.92 Å². The molecule has 1 aliphatic carbocycles. The third kappa shape index (κ3) is 2.44. The first kappa shape index (κ1) is 15.7. The topological polar surface area (TPSA) is 46.1 Å². The summed E-state index contributed by atoms with van der Waals surface area (Å²) < 4.78 is 2.36. The second-order valence-corrected chi connectivity index (χ2v) is 7.35. The molecule has 2 aliphatic rings. The Bertz CT molecular complexity index is 758. The van der Waals surface area contributed by atoms with Gasteiger partial charge in [0.1, 0.15) is 0 Å². The third-order valence-corrected chi connectivity index (χ3v) is 6.03. The second kappa shape index (κ2) is 6.25. The van der Waals surface area contributed by atoms with Crippen molar-refractivity contribution in [2.75, 3.05) is 7.05 Å². The molecule has 1 aliphatic heterocycles. The van der Waals surface area contributed by atoms with E-state index in [0.717, 1.165) is 6.42 Å². The van der Waals surface area contributed by atoms with E-state index in [1.807, 2.05) is 0 Å². The van der Waals surface area contributed by atoms with E-state index in [-0.39, 0.29) is 18.0 Å². The smallest absolute Gasteiger partial charge is 0.237 e. The normalized spacial score (nSPS) is 24.8. The fraction of sp³-hybridized carbons (Fsp3) is 0.550. The van der Waals surface area contributed by atoms with Gasteiger partial charge in [-0.15, -0.1) is 0 Å². The SMILES string of the molecule is CNC(=O)[C@H]1Cc2c(n(C)c3ccccc23)C(C2CCCCC2)N1. The van der Waals surface area contributed by atoms with Crippen LogP contribution in [0.3, 0.4) is 0 Å². The quantitative estimate of drug-likeness (QED) is 0.891. The molecule has 128 valence electrons. The van der Waals surface area contributed by atoms with Crippen molar-refractivity contribution in [3.8, 4) is 0 Å². The van der Waals surface area contributed by atoms with Crippen LogP contribution in [0.1, 0.15) is 49.4 Å². The van der Waals surface area contributed by atoms with E-state index in [1.165, 1.54) is 54.3 Å². The van der Waals surface area contributed by atoms with E-state index >= 15 is 0 Å². The van der Waals surface area contributed by atoms with E-state index in [1.54, 1.807) is 7.05 Å². The van der Waals surface area contributed by atoms with Crippen LogP contribution in [0.4, 0.5) is 0 Å². The van der Waals surface area contributed by atoms with Crippen LogP contribution in [0, 0.1) is 5.92 Å². The van der Waals surface area contributed by atoms with Crippen molar-refractivity contribution in [3.05, 3.63) is 35.5 Å². The van der Waals surface area contributed by atoms with Gasteiger partial charge in [-0.25, -0.2) is 0 Å². The number of carbonyl (C=O) groups is 1. The number of aryl methyl sites for hydroxylation is 1. The molecule has 4 nitrogen and oxygen atoms in total. The molecule has 1 unspecified atom stereocenters. The summed E-state index contributed by atoms with van der Waals surface area (Å²) in [5, 5.41) is 7.85. The molecule has 2 atom stereocenters. The monoisotopic (exact) mass is 325 g/mol. The van der Waals surface area contributed by atoms with E-state index < -0.39 is 0 Å². The lowest BCUT2D eigenvalue weighted by Crippen LogP contribution is -2.51. The Balaban J connectivity index is 1.83. The number of likely N-dealkylation sites (N-methyl/N-ethyl adjacent to an activating group) is 1. The number of nitrogens with one attached hydrogen (secondary N) is 2. The fourth-order valence-electron chi connectivity index (χ4n) is 4.83. The first-order valence-electron chi connectivity index (χ1n) is 9.24. The summed E-state index contributed by atoms with van der Waals surface area (Å²) in [6.45, 7) is 0. The second-order valence-electron chi connectivity index (χ2n) is 7.35. The molecule has 0 saturated heterocycles. The van der Waals surface area contributed by atoms with Crippen molar-refractivity contribution in [2.24, 2.45) is 13.0 Å². The first-order valence-corrected chi connectivity index (χ1v) is 9.24. The van der Waals surface area contributed by atoms with Gasteiger partial charge in [0, 0.05) is 30.7 Å². The number of hydrogen-bond donors (Lipinski definition) is 2. The van der Waals surface area contributed by atoms with Gasteiger partial charge in [-0.1, -0.05) is 37.5 Å². The Kier molecular flexibility index (Phi) is 4.09. The standard InChI is InChI=1S/C20H27N3O/c1-21-20(24)16-12-15-14-10-6-7-11-17(14)23(2)19(15)18(22-16)13-8-4-3-5-9-13/h6-7,10-11,13,16,18,22H,3-5,8-9,12H2,1-2H3,(H,21,24)/t16-,18?/m1/s1. The minimum atomic E-state index is -0.125. The Hall–Kier alpha value is -1.81. The highest BCUT2D eigenvalue weighted by Crippen LogP contribution is 2.41. The molecule has 24 heavy (non-hydrogen) atoms. The maximum atomic E-state index is 12.4. The van der Waals surface area contributed by atoms with Gasteiger partial charge in [-0.2, -0.15) is 0 Å². The lowest BCUT2D eigenvalue weighted by atomic mass is 9.79. The number of para-hydroxylation sites is 1. The maximum absolute atomic E-state index is 12.4. The molecule has 4 heteroatoms. The number of carbonyl (C=O) groups excluding carboxylic acids is 1. The maximum Gasteiger partial charge on any atom is 0.237 e. The largest absolute Gasteiger partial charge is 0.358 e. The van der Waals surface area contributed by atoms with Gasteiger partial charge in [0.05, 0.1) is 12.1 Å². The van der Waals surface area contributed by atoms with Gasteiger partial charge in [-0.05, 0) is 36.8 Å². The van der Waals surface area contributed by atoms with Crippen molar-refractivity contribution in [1.82, 2.24) is 15.2 Å². The molecular weight excluding hydrogens is 298 g/mol. The van der Waals surface area contributed by atoms with Crippen LogP contribution < -0.4 is 10.6 Å². The Morgan fingerprint density at radius 3 is 2.71 bits per heavy atom. The van der Waals surface area contributed by atoms with Crippen molar-refractivity contribution in [2.45, 2.75) is 50.6 Å². The predicted molar refractivity (Wildman–Crippen MR) is 96.9 cm³/mol. The molecule has 0 spiro atoms. The van der Waals surface area contributed by atoms with Gasteiger partial charge >= 0.3 is 0 Å². The number of nitrogens with zero attached hydrogens (tertiary/aromatic N) is 1. The fourth-order valence-corrected chi connectivity index (χ4v) is 4.83. The Morgan fingerprint density at radius 1 is 1.21 bits per heavy atom. The van der Waals surface area contributed by atoms with Crippen LogP contribution in [0.2, 0.25) is 0 Å². The number of hydrogen-bond acceptors (Lipinski definition) is 2. The van der Waals surface area contributed by atoms with Crippen molar-refractivity contribution < 1.29 is 4.79 Å². The zero-order chi connectivity index (χ0) is 16.7. The molecule has 1 aromatic carbocycles. The molecule has 1 saturated carbocycles. The van der Waals surface area contributed by atoms with Crippen LogP contribution in [0.15, 0.2) is 24.3 Å². The van der Waals surface area contributed by atoms with Crippen LogP contribution in [-0.4, -0.2) is 23.6 Å². The number of rotatable bonds is 2. The Labute approximate surface area is 143 Å². The van der Waals surface area contributed by atoms with Gasteiger partial charge in [-0.3, -0.25) is 10.1 Å². The highest BCUT2D eigenvalue weighted by Gasteiger charge is 2.38. The summed E-state index contributed by atoms with van der Waals surface area (Å²) in [7, 11) is 3.91. The van der Waals surface area contributed by atoms with Crippen LogP contribution in [0.25, 0.3) is 10.9 Å². The average molecular weight is 325 g/mol. The summed E-state index contributed by atoms with van der Waals surface area (Å²) >= 11 is 0. The average Bonchev–Trinajstić information content (AvgIpc) is 2.94. The molecule has 4 rings (SSSR count). The van der Waals surface area contributed by atoms with Crippen molar-refractivity contribution in [3.63, 3.8) is 0 Å². The lowest BCUT2D eigenvalue weighted by Gasteiger charge is -2.38. The van der Waals surface area contributed by atoms with Gasteiger partial charge in [0.15, 0.2) is 0 Å². The van der Waals surface area contributed by atoms with Crippen LogP contribution in [-0.2, 0) is 18.3 Å². The number of aromatic nitrogens is 1. The molecule has 1 amide bonds. The minimum absolute atomic E-state index is 0.106. The molecule has 0 bridgehead atoms. The number of fused-ring (bicyclic) bond motifs is 3. The zero-order valence-electron chi connectivity index (χ0n) is 14.6. The first-order chi connectivity index (χ1) is 11.7. The molecule has 0 radical (unpaired) electrons.